The van der Waals surface area contributed by atoms with Gasteiger partial charge in [-0.1, -0.05) is 182 Å². The molecule has 1 aromatic heterocycles. The SMILES string of the molecule is c1ccc(-c2ccccc2N(c2ccccc2)c2cccc3c2-c2ccccc2C32c3ccccc3-c3ccc(N(c4ccccc4)c4cccc5c4sc4ccccc45)cc32)cc1. The molecule has 3 heteroatoms. The van der Waals surface area contributed by atoms with Crippen LogP contribution in [0.4, 0.5) is 34.1 Å². The zero-order valence-electron chi connectivity index (χ0n) is 34.9. The molecule has 0 radical (unpaired) electrons. The van der Waals surface area contributed by atoms with E-state index in [4.69, 9.17) is 0 Å². The highest BCUT2D eigenvalue weighted by molar-refractivity contribution is 7.26. The van der Waals surface area contributed by atoms with Gasteiger partial charge >= 0.3 is 0 Å². The summed E-state index contributed by atoms with van der Waals surface area (Å²) in [5.41, 5.74) is 18.9. The Labute approximate surface area is 377 Å². The summed E-state index contributed by atoms with van der Waals surface area (Å²) in [4.78, 5) is 4.96. The second kappa shape index (κ2) is 14.6. The van der Waals surface area contributed by atoms with Gasteiger partial charge in [0, 0.05) is 43.7 Å². The molecule has 13 rings (SSSR count). The summed E-state index contributed by atoms with van der Waals surface area (Å²) >= 11 is 1.88. The lowest BCUT2D eigenvalue weighted by molar-refractivity contribution is 0.793. The Bertz CT molecular complexity index is 3580. The molecule has 1 heterocycles. The molecule has 1 atom stereocenters. The molecule has 2 aliphatic rings. The van der Waals surface area contributed by atoms with Gasteiger partial charge in [0.1, 0.15) is 0 Å². The number of benzene rings is 10. The van der Waals surface area contributed by atoms with Crippen molar-refractivity contribution < 1.29 is 0 Å². The van der Waals surface area contributed by atoms with Crippen LogP contribution in [0.3, 0.4) is 0 Å². The fourth-order valence-corrected chi connectivity index (χ4v) is 12.1. The minimum Gasteiger partial charge on any atom is -0.309 e. The van der Waals surface area contributed by atoms with Gasteiger partial charge in [0.05, 0.1) is 27.2 Å². The number of thiophene rings is 1. The first-order valence-electron chi connectivity index (χ1n) is 22.0. The van der Waals surface area contributed by atoms with Gasteiger partial charge < -0.3 is 9.80 Å². The lowest BCUT2D eigenvalue weighted by Gasteiger charge is -2.33. The molecule has 0 bridgehead atoms. The lowest BCUT2D eigenvalue weighted by Crippen LogP contribution is -2.26. The fourth-order valence-electron chi connectivity index (χ4n) is 10.9. The van der Waals surface area contributed by atoms with Gasteiger partial charge in [-0.2, -0.15) is 0 Å². The van der Waals surface area contributed by atoms with Crippen molar-refractivity contribution in [1.29, 1.82) is 0 Å². The standard InChI is InChI=1S/C61H40N2S/c1-4-20-41(21-5-1)45-26-12-16-34-55(45)63(43-24-8-3-9-25-43)56-35-19-33-53-59(56)50-29-11-15-32-52(50)61(53)51-31-14-10-27-46(51)47-39-38-44(40-54(47)61)62(42-22-6-2-7-23-42)57-36-18-30-49-48-28-13-17-37-58(48)64-60(49)57/h1-40H. The van der Waals surface area contributed by atoms with Crippen LogP contribution in [0.15, 0.2) is 243 Å². The van der Waals surface area contributed by atoms with Crippen molar-refractivity contribution in [2.75, 3.05) is 9.80 Å². The van der Waals surface area contributed by atoms with Crippen LogP contribution in [-0.2, 0) is 5.41 Å². The van der Waals surface area contributed by atoms with Crippen molar-refractivity contribution >= 4 is 65.6 Å². The maximum Gasteiger partial charge on any atom is 0.0727 e. The highest BCUT2D eigenvalue weighted by Gasteiger charge is 2.52. The van der Waals surface area contributed by atoms with Crippen LogP contribution in [0.1, 0.15) is 22.3 Å². The maximum atomic E-state index is 2.51. The average molecular weight is 833 g/mol. The van der Waals surface area contributed by atoms with E-state index in [9.17, 15) is 0 Å². The Kier molecular flexibility index (Phi) is 8.34. The van der Waals surface area contributed by atoms with Gasteiger partial charge in [0.2, 0.25) is 0 Å². The second-order valence-corrected chi connectivity index (χ2v) is 17.8. The quantitative estimate of drug-likeness (QED) is 0.158. The summed E-state index contributed by atoms with van der Waals surface area (Å²) in [6, 6.07) is 89.5. The molecule has 1 unspecified atom stereocenters. The zero-order valence-corrected chi connectivity index (χ0v) is 35.7. The van der Waals surface area contributed by atoms with Crippen LogP contribution in [0, 0.1) is 0 Å². The minimum absolute atomic E-state index is 0.572. The molecule has 2 nitrogen and oxygen atoms in total. The van der Waals surface area contributed by atoms with Crippen molar-refractivity contribution in [2.45, 2.75) is 5.41 Å². The first-order valence-corrected chi connectivity index (χ1v) is 22.8. The predicted molar refractivity (Wildman–Crippen MR) is 270 cm³/mol. The Balaban J connectivity index is 1.09. The van der Waals surface area contributed by atoms with Crippen LogP contribution in [0.25, 0.3) is 53.6 Å². The van der Waals surface area contributed by atoms with E-state index < -0.39 is 5.41 Å². The Hall–Kier alpha value is -7.98. The van der Waals surface area contributed by atoms with Crippen LogP contribution in [0.2, 0.25) is 0 Å². The number of rotatable bonds is 7. The van der Waals surface area contributed by atoms with Crippen molar-refractivity contribution in [2.24, 2.45) is 0 Å². The third kappa shape index (κ3) is 5.32. The lowest BCUT2D eigenvalue weighted by atomic mass is 9.70. The molecule has 0 N–H and O–H groups in total. The van der Waals surface area contributed by atoms with E-state index in [0.717, 1.165) is 28.4 Å². The summed E-state index contributed by atoms with van der Waals surface area (Å²) in [7, 11) is 0. The first-order chi connectivity index (χ1) is 31.8. The van der Waals surface area contributed by atoms with E-state index in [1.807, 2.05) is 11.3 Å². The van der Waals surface area contributed by atoms with E-state index in [-0.39, 0.29) is 0 Å². The normalized spacial score (nSPS) is 14.3. The molecule has 2 aliphatic carbocycles. The van der Waals surface area contributed by atoms with Gasteiger partial charge in [0.25, 0.3) is 0 Å². The summed E-state index contributed by atoms with van der Waals surface area (Å²) in [5.74, 6) is 0. The average Bonchev–Trinajstić information content (AvgIpc) is 4.00. The van der Waals surface area contributed by atoms with Gasteiger partial charge in [-0.25, -0.2) is 0 Å². The van der Waals surface area contributed by atoms with E-state index in [1.54, 1.807) is 0 Å². The molecular weight excluding hydrogens is 793 g/mol. The molecular formula is C61H40N2S. The summed E-state index contributed by atoms with van der Waals surface area (Å²) in [6.07, 6.45) is 0. The van der Waals surface area contributed by atoms with Crippen molar-refractivity contribution in [3.63, 3.8) is 0 Å². The monoisotopic (exact) mass is 832 g/mol. The largest absolute Gasteiger partial charge is 0.309 e. The predicted octanol–water partition coefficient (Wildman–Crippen LogP) is 17.0. The minimum atomic E-state index is -0.572. The first kappa shape index (κ1) is 36.7. The molecule has 10 aromatic carbocycles. The van der Waals surface area contributed by atoms with E-state index in [1.165, 1.54) is 81.5 Å². The molecule has 0 amide bonds. The van der Waals surface area contributed by atoms with Crippen molar-refractivity contribution in [3.05, 3.63) is 265 Å². The molecule has 0 aliphatic heterocycles. The van der Waals surface area contributed by atoms with E-state index in [0.29, 0.717) is 0 Å². The number of para-hydroxylation sites is 3. The maximum absolute atomic E-state index is 2.51. The number of anilines is 6. The van der Waals surface area contributed by atoms with Gasteiger partial charge in [-0.05, 0) is 105 Å². The van der Waals surface area contributed by atoms with Crippen LogP contribution in [-0.4, -0.2) is 0 Å². The number of fused-ring (bicyclic) bond motifs is 13. The molecule has 0 saturated heterocycles. The Morgan fingerprint density at radius 2 is 0.844 bits per heavy atom. The second-order valence-electron chi connectivity index (χ2n) is 16.7. The fraction of sp³-hybridized carbons (Fsp3) is 0.0164. The molecule has 11 aromatic rings. The summed E-state index contributed by atoms with van der Waals surface area (Å²) in [6.45, 7) is 0. The summed E-state index contributed by atoms with van der Waals surface area (Å²) in [5, 5.41) is 2.58. The van der Waals surface area contributed by atoms with Crippen LogP contribution in [0.5, 0.6) is 0 Å². The smallest absolute Gasteiger partial charge is 0.0727 e. The molecule has 64 heavy (non-hydrogen) atoms. The highest BCUT2D eigenvalue weighted by atomic mass is 32.1. The number of nitrogens with zero attached hydrogens (tertiary/aromatic N) is 2. The summed E-state index contributed by atoms with van der Waals surface area (Å²) < 4.78 is 2.58. The number of hydrogen-bond donors (Lipinski definition) is 0. The van der Waals surface area contributed by atoms with Gasteiger partial charge in [-0.3, -0.25) is 0 Å². The van der Waals surface area contributed by atoms with Crippen LogP contribution >= 0.6 is 11.3 Å². The van der Waals surface area contributed by atoms with Crippen molar-refractivity contribution in [3.8, 4) is 33.4 Å². The van der Waals surface area contributed by atoms with E-state index in [2.05, 4.69) is 252 Å². The molecule has 300 valence electrons. The van der Waals surface area contributed by atoms with Crippen molar-refractivity contribution in [1.82, 2.24) is 0 Å². The zero-order chi connectivity index (χ0) is 42.2. The van der Waals surface area contributed by atoms with E-state index >= 15 is 0 Å². The Morgan fingerprint density at radius 1 is 0.312 bits per heavy atom. The molecule has 1 spiro atoms. The Morgan fingerprint density at radius 3 is 1.62 bits per heavy atom. The number of hydrogen-bond acceptors (Lipinski definition) is 3. The topological polar surface area (TPSA) is 6.48 Å². The third-order valence-corrected chi connectivity index (χ3v) is 14.7. The van der Waals surface area contributed by atoms with Gasteiger partial charge in [-0.15, -0.1) is 11.3 Å². The van der Waals surface area contributed by atoms with Crippen LogP contribution < -0.4 is 9.80 Å². The third-order valence-electron chi connectivity index (χ3n) is 13.5. The molecule has 0 fully saturated rings. The van der Waals surface area contributed by atoms with Gasteiger partial charge in [0.15, 0.2) is 0 Å². The molecule has 0 saturated carbocycles. The highest BCUT2D eigenvalue weighted by Crippen LogP contribution is 2.65.